The highest BCUT2D eigenvalue weighted by atomic mass is 35.5. The molecule has 0 unspecified atom stereocenters. The van der Waals surface area contributed by atoms with E-state index >= 15 is 0 Å². The van der Waals surface area contributed by atoms with Crippen molar-refractivity contribution in [1.29, 1.82) is 0 Å². The number of anilines is 5. The van der Waals surface area contributed by atoms with Crippen LogP contribution in [0.25, 0.3) is 5.57 Å². The SMILES string of the molecule is CC(C)N1c2ncc(CN3CC=C(c4ccc(Cl)cc4)CC3)cc2NC(=O)[C@@H]1C.CC(C)N1c2ncc(CO)cc2CC(=O)[C@@H]1C.CCOC(=O)[C@H](C)CC(C)C.CCOC(=O)[C@H](C)N(c1ncc(C(=O)OC)cc1[N+](=O)[O-])C(C)C.COC(=O)c1cnc(Cl)c([N+](=O)[O-])c1.COC(=O)c1cnc2c(c1)CC(=O)[C@H](C)N2C(C)C. The number of nitrogens with one attached hydrogen (secondary N) is 1. The predicted octanol–water partition coefficient (Wildman–Crippen LogP) is 13.1. The maximum absolute atomic E-state index is 12.4. The summed E-state index contributed by atoms with van der Waals surface area (Å²) < 4.78 is 23.4. The number of hydrogen-bond acceptors (Lipinski definition) is 28. The first-order valence-electron chi connectivity index (χ1n) is 37.6. The van der Waals surface area contributed by atoms with Gasteiger partial charge in [-0.15, -0.1) is 0 Å². The van der Waals surface area contributed by atoms with Crippen molar-refractivity contribution in [2.75, 3.05) is 72.5 Å². The summed E-state index contributed by atoms with van der Waals surface area (Å²) in [5.74, 6) is 1.07. The van der Waals surface area contributed by atoms with E-state index in [1.807, 2.05) is 82.7 Å². The summed E-state index contributed by atoms with van der Waals surface area (Å²) in [7, 11) is 3.67. The first-order valence-corrected chi connectivity index (χ1v) is 38.3. The van der Waals surface area contributed by atoms with Crippen molar-refractivity contribution >= 4 is 116 Å². The van der Waals surface area contributed by atoms with E-state index in [2.05, 4.69) is 115 Å². The molecule has 5 aromatic heterocycles. The smallest absolute Gasteiger partial charge is 0.339 e. The van der Waals surface area contributed by atoms with Crippen molar-refractivity contribution < 1.29 is 77.0 Å². The second kappa shape index (κ2) is 44.1. The number of aromatic nitrogens is 5. The quantitative estimate of drug-likeness (QED) is 0.0222. The summed E-state index contributed by atoms with van der Waals surface area (Å²) in [4.78, 5) is 145. The molecule has 6 aromatic rings. The van der Waals surface area contributed by atoms with Crippen LogP contribution >= 0.6 is 23.2 Å². The minimum absolute atomic E-state index is 0.0106. The van der Waals surface area contributed by atoms with Crippen LogP contribution < -0.4 is 24.9 Å². The lowest BCUT2D eigenvalue weighted by Crippen LogP contribution is -2.50. The van der Waals surface area contributed by atoms with Gasteiger partial charge in [-0.2, -0.15) is 0 Å². The molecule has 1 amide bonds. The van der Waals surface area contributed by atoms with Crippen LogP contribution in [0.4, 0.5) is 40.3 Å². The molecular formula is C81H107Cl2N13O18. The van der Waals surface area contributed by atoms with Crippen molar-refractivity contribution in [3.8, 4) is 0 Å². The number of aliphatic hydroxyl groups is 1. The van der Waals surface area contributed by atoms with Crippen molar-refractivity contribution in [3.63, 3.8) is 0 Å². The van der Waals surface area contributed by atoms with Crippen molar-refractivity contribution in [3.05, 3.63) is 167 Å². The van der Waals surface area contributed by atoms with Gasteiger partial charge in [0, 0.05) is 116 Å². The Morgan fingerprint density at radius 2 is 1.07 bits per heavy atom. The summed E-state index contributed by atoms with van der Waals surface area (Å²) in [6.07, 6.45) is 12.4. The summed E-state index contributed by atoms with van der Waals surface area (Å²) in [5, 5.41) is 34.4. The van der Waals surface area contributed by atoms with E-state index in [1.165, 1.54) is 49.8 Å². The number of amides is 1. The minimum atomic E-state index is -0.778. The third-order valence-corrected chi connectivity index (χ3v) is 19.1. The van der Waals surface area contributed by atoms with Crippen LogP contribution in [0, 0.1) is 32.1 Å². The standard InChI is InChI=1S/C23H27ClN4O.C15H21N3O6.C14H18N2O3.C13H18N2O2.C9H18O2.C7H5ClN2O4/c1-15(2)28-16(3)23(29)26-21-12-17(13-25-22(21)28)14-27-10-8-19(9-11-27)18-4-6-20(24)7-5-18;1-6-24-14(19)10(4)17(9(2)3)13-12(18(21)22)7-11(8-16-13)15(20)23-5;1-8(2)16-9(3)12(17)6-10-5-11(14(18)19-4)7-15-13(10)16;1-8(2)15-9(3)12(17)5-11-4-10(7-16)6-14-13(11)15;1-5-11-9(10)8(4)6-7(2)3;1-14-7(11)4-2-5(10(12)13)6(8)9-3-4/h4-8,12-13,15-16H,9-11,14H2,1-3H3,(H,26,29);7-10H,6H2,1-5H3;5,7-9H,6H2,1-4H3;4,6,8-9,16H,5,7H2,1-3H3;7-8H,5-6H2,1-4H3;2-3H,1H3/t16-;10-;2*9-;8-;/m00001./s1. The van der Waals surface area contributed by atoms with E-state index in [4.69, 9.17) is 42.8 Å². The molecule has 2 N–H and O–H groups in total. The molecule has 0 saturated carbocycles. The topological polar surface area (TPSA) is 382 Å². The summed E-state index contributed by atoms with van der Waals surface area (Å²) in [5.41, 5.74) is 6.54. The Morgan fingerprint density at radius 3 is 1.54 bits per heavy atom. The number of aliphatic hydroxyl groups excluding tert-OH is 1. The number of nitro groups is 2. The van der Waals surface area contributed by atoms with Gasteiger partial charge in [0.15, 0.2) is 17.4 Å². The van der Waals surface area contributed by atoms with Gasteiger partial charge < -0.3 is 53.7 Å². The summed E-state index contributed by atoms with van der Waals surface area (Å²) >= 11 is 11.4. The van der Waals surface area contributed by atoms with Gasteiger partial charge in [0.05, 0.1) is 91.4 Å². The maximum Gasteiger partial charge on any atom is 0.339 e. The molecule has 9 heterocycles. The molecule has 114 heavy (non-hydrogen) atoms. The molecule has 0 fully saturated rings. The molecule has 5 atom stereocenters. The average molecular weight is 1620 g/mol. The predicted molar refractivity (Wildman–Crippen MR) is 435 cm³/mol. The Bertz CT molecular complexity index is 4410. The van der Waals surface area contributed by atoms with Crippen molar-refractivity contribution in [1.82, 2.24) is 29.8 Å². The molecule has 618 valence electrons. The minimum Gasteiger partial charge on any atom is -0.466 e. The van der Waals surface area contributed by atoms with Crippen LogP contribution in [-0.4, -0.2) is 188 Å². The van der Waals surface area contributed by atoms with Crippen LogP contribution in [0.3, 0.4) is 0 Å². The third kappa shape index (κ3) is 25.4. The number of methoxy groups -OCH3 is 3. The van der Waals surface area contributed by atoms with Gasteiger partial charge in [-0.3, -0.25) is 44.3 Å². The number of Topliss-reactive ketones (excluding diaryl/α,β-unsaturated/α-hetero) is 2. The normalized spacial score (nSPS) is 16.0. The lowest BCUT2D eigenvalue weighted by molar-refractivity contribution is -0.385. The fourth-order valence-corrected chi connectivity index (χ4v) is 13.4. The number of nitrogens with zero attached hydrogens (tertiary/aromatic N) is 12. The number of pyridine rings is 5. The molecule has 0 saturated heterocycles. The first kappa shape index (κ1) is 94.0. The van der Waals surface area contributed by atoms with Gasteiger partial charge in [0.25, 0.3) is 0 Å². The number of carbonyl (C=O) groups is 8. The summed E-state index contributed by atoms with van der Waals surface area (Å²) in [6, 6.07) is 14.9. The average Bonchev–Trinajstić information content (AvgIpc) is 0.791. The largest absolute Gasteiger partial charge is 0.466 e. The van der Waals surface area contributed by atoms with Crippen LogP contribution in [0.1, 0.15) is 189 Å². The third-order valence-electron chi connectivity index (χ3n) is 18.6. The lowest BCUT2D eigenvalue weighted by Gasteiger charge is -2.38. The number of benzene rings is 1. The number of ketones is 2. The van der Waals surface area contributed by atoms with Gasteiger partial charge in [0.2, 0.25) is 16.9 Å². The molecule has 0 aliphatic carbocycles. The molecule has 4 aliphatic rings. The van der Waals surface area contributed by atoms with Crippen LogP contribution in [0.2, 0.25) is 10.2 Å². The van der Waals surface area contributed by atoms with Crippen molar-refractivity contribution in [2.45, 2.75) is 205 Å². The van der Waals surface area contributed by atoms with E-state index in [0.29, 0.717) is 30.9 Å². The Morgan fingerprint density at radius 1 is 0.605 bits per heavy atom. The number of hydrogen-bond donors (Lipinski definition) is 2. The monoisotopic (exact) mass is 1620 g/mol. The number of ether oxygens (including phenoxy) is 5. The summed E-state index contributed by atoms with van der Waals surface area (Å²) in [6.45, 7) is 36.2. The Balaban J connectivity index is 0.000000251. The van der Waals surface area contributed by atoms with Crippen LogP contribution in [0.15, 0.2) is 91.7 Å². The van der Waals surface area contributed by atoms with Crippen LogP contribution in [-0.2, 0) is 73.7 Å². The van der Waals surface area contributed by atoms with Gasteiger partial charge >= 0.3 is 41.2 Å². The highest BCUT2D eigenvalue weighted by Gasteiger charge is 2.37. The van der Waals surface area contributed by atoms with Gasteiger partial charge in [-0.25, -0.2) is 44.1 Å². The number of fused-ring (bicyclic) bond motifs is 3. The fourth-order valence-electron chi connectivity index (χ4n) is 13.1. The van der Waals surface area contributed by atoms with E-state index < -0.39 is 45.5 Å². The van der Waals surface area contributed by atoms with E-state index in [1.54, 1.807) is 40.0 Å². The number of rotatable bonds is 21. The number of esters is 5. The molecule has 1 aromatic carbocycles. The Labute approximate surface area is 675 Å². The molecule has 4 aliphatic heterocycles. The zero-order valence-electron chi connectivity index (χ0n) is 68.5. The van der Waals surface area contributed by atoms with Gasteiger partial charge in [-0.1, -0.05) is 62.2 Å². The van der Waals surface area contributed by atoms with E-state index in [9.17, 15) is 58.6 Å². The molecule has 0 radical (unpaired) electrons. The Hall–Kier alpha value is -10.6. The Kier molecular flexibility index (Phi) is 36.4. The zero-order valence-corrected chi connectivity index (χ0v) is 70.0. The maximum atomic E-state index is 12.4. The lowest BCUT2D eigenvalue weighted by atomic mass is 9.96. The molecule has 10 rings (SSSR count). The first-order chi connectivity index (χ1) is 53.8. The molecular weight excluding hydrogens is 1510 g/mol. The second-order valence-corrected chi connectivity index (χ2v) is 29.5. The van der Waals surface area contributed by atoms with Crippen molar-refractivity contribution in [2.24, 2.45) is 11.8 Å². The van der Waals surface area contributed by atoms with Gasteiger partial charge in [0.1, 0.15) is 23.7 Å². The second-order valence-electron chi connectivity index (χ2n) is 28.7. The highest BCUT2D eigenvalue weighted by Crippen LogP contribution is 2.36. The molecule has 0 spiro atoms. The van der Waals surface area contributed by atoms with Gasteiger partial charge in [-0.05, 0) is 168 Å². The fraction of sp³-hybridized carbons (Fsp3) is 0.494. The molecule has 0 bridgehead atoms. The molecule has 31 nitrogen and oxygen atoms in total. The van der Waals surface area contributed by atoms with E-state index in [0.717, 1.165) is 101 Å². The molecule has 33 heteroatoms. The zero-order chi connectivity index (χ0) is 85.3. The number of carbonyl (C=O) groups excluding carboxylic acids is 8. The van der Waals surface area contributed by atoms with Crippen LogP contribution in [0.5, 0.6) is 0 Å². The number of halogens is 2. The highest BCUT2D eigenvalue weighted by molar-refractivity contribution is 6.31. The van der Waals surface area contributed by atoms with E-state index in [-0.39, 0.29) is 113 Å².